The first-order valence-corrected chi connectivity index (χ1v) is 17.0. The van der Waals surface area contributed by atoms with Crippen molar-refractivity contribution in [2.24, 2.45) is 11.8 Å². The number of hydrogen-bond acceptors (Lipinski definition) is 8. The van der Waals surface area contributed by atoms with Gasteiger partial charge in [-0.25, -0.2) is 18.8 Å². The molecule has 0 aromatic heterocycles. The molecule has 0 bridgehead atoms. The number of likely N-dealkylation sites (tertiary alicyclic amines) is 1. The maximum Gasteiger partial charge on any atom is 0.414 e. The monoisotopic (exact) mass is 687 g/mol. The predicted octanol–water partition coefficient (Wildman–Crippen LogP) is 5.13. The Morgan fingerprint density at radius 1 is 1.00 bits per heavy atom. The molecule has 3 aliphatic rings. The number of carboxylic acid groups (broad SMARTS) is 2. The zero-order valence-corrected chi connectivity index (χ0v) is 28.9. The Bertz CT molecular complexity index is 1390. The molecule has 3 aliphatic heterocycles. The molecule has 1 spiro atoms. The van der Waals surface area contributed by atoms with E-state index >= 15 is 0 Å². The number of amides is 1. The number of carbonyl (C=O) groups is 3. The number of quaternary nitrogens is 1. The fourth-order valence-corrected chi connectivity index (χ4v) is 6.84. The fraction of sp³-hybridized carbons (Fsp3) is 0.583. The molecule has 3 atom stereocenters. The van der Waals surface area contributed by atoms with Crippen LogP contribution >= 0.6 is 0 Å². The highest BCUT2D eigenvalue weighted by Crippen LogP contribution is 2.44. The summed E-state index contributed by atoms with van der Waals surface area (Å²) in [4.78, 5) is 34.7. The minimum Gasteiger partial charge on any atom is -0.631 e. The van der Waals surface area contributed by atoms with E-state index in [-0.39, 0.29) is 30.7 Å². The molecule has 0 saturated carbocycles. The summed E-state index contributed by atoms with van der Waals surface area (Å²) in [6.07, 6.45) is 2.74. The standard InChI is InChI=1S/C34H48FN3O5.C2H2O4/c1-25(2)22-41-30-12-8-28(9-13-30)21-38(40)24-43-34(32(38)20-27-6-10-29(35)11-7-27)14-18-36(19-15-34)16-5-17-37-31(26(3)4)23-42-33(37)39;3-1(4)2(5)6/h6-13,25-26,31-32H,5,14-24H2,1-4H3;(H,3,4)(H,5,6)/t31-,32?,38?;/m1./s1. The van der Waals surface area contributed by atoms with E-state index in [1.807, 2.05) is 29.2 Å². The van der Waals surface area contributed by atoms with E-state index in [1.54, 1.807) is 12.1 Å². The van der Waals surface area contributed by atoms with Crippen LogP contribution in [0.5, 0.6) is 5.75 Å². The van der Waals surface area contributed by atoms with Crippen LogP contribution in [0, 0.1) is 22.9 Å². The highest BCUT2D eigenvalue weighted by Gasteiger charge is 2.56. The molecule has 2 aromatic rings. The van der Waals surface area contributed by atoms with Gasteiger partial charge in [0.05, 0.1) is 12.6 Å². The van der Waals surface area contributed by atoms with Gasteiger partial charge < -0.3 is 44.1 Å². The van der Waals surface area contributed by atoms with Crippen molar-refractivity contribution in [1.82, 2.24) is 9.80 Å². The molecule has 3 heterocycles. The van der Waals surface area contributed by atoms with E-state index in [0.29, 0.717) is 44.6 Å². The van der Waals surface area contributed by atoms with Crippen molar-refractivity contribution in [2.75, 3.05) is 46.1 Å². The lowest BCUT2D eigenvalue weighted by molar-refractivity contribution is -0.914. The highest BCUT2D eigenvalue weighted by atomic mass is 19.1. The number of nitrogens with zero attached hydrogens (tertiary/aromatic N) is 3. The van der Waals surface area contributed by atoms with Gasteiger partial charge in [0, 0.05) is 31.6 Å². The molecule has 49 heavy (non-hydrogen) atoms. The number of hydrogen-bond donors (Lipinski definition) is 2. The van der Waals surface area contributed by atoms with Crippen LogP contribution in [0.15, 0.2) is 48.5 Å². The quantitative estimate of drug-likeness (QED) is 0.175. The van der Waals surface area contributed by atoms with Gasteiger partial charge >= 0.3 is 18.0 Å². The molecule has 3 fully saturated rings. The summed E-state index contributed by atoms with van der Waals surface area (Å²) in [6.45, 7) is 13.3. The summed E-state index contributed by atoms with van der Waals surface area (Å²) < 4.78 is 30.9. The Balaban J connectivity index is 0.000000827. The molecule has 2 N–H and O–H groups in total. The van der Waals surface area contributed by atoms with Crippen molar-refractivity contribution in [1.29, 1.82) is 0 Å². The predicted molar refractivity (Wildman–Crippen MR) is 179 cm³/mol. The Morgan fingerprint density at radius 2 is 1.61 bits per heavy atom. The molecule has 1 amide bonds. The molecular weight excluding hydrogens is 637 g/mol. The second kappa shape index (κ2) is 16.8. The Labute approximate surface area is 287 Å². The van der Waals surface area contributed by atoms with Crippen molar-refractivity contribution in [3.63, 3.8) is 0 Å². The van der Waals surface area contributed by atoms with Crippen molar-refractivity contribution in [3.05, 3.63) is 70.7 Å². The van der Waals surface area contributed by atoms with Crippen molar-refractivity contribution < 1.29 is 47.8 Å². The number of ether oxygens (including phenoxy) is 3. The largest absolute Gasteiger partial charge is 0.631 e. The molecule has 3 saturated heterocycles. The van der Waals surface area contributed by atoms with Gasteiger partial charge in [-0.05, 0) is 79.6 Å². The average molecular weight is 688 g/mol. The Hall–Kier alpha value is -3.78. The number of benzene rings is 2. The van der Waals surface area contributed by atoms with Gasteiger partial charge in [-0.2, -0.15) is 0 Å². The number of halogens is 1. The van der Waals surface area contributed by atoms with E-state index in [9.17, 15) is 14.4 Å². The Morgan fingerprint density at radius 3 is 2.18 bits per heavy atom. The molecule has 5 rings (SSSR count). The van der Waals surface area contributed by atoms with E-state index in [1.165, 1.54) is 12.1 Å². The molecule has 0 aliphatic carbocycles. The lowest BCUT2D eigenvalue weighted by Crippen LogP contribution is -2.58. The Kier molecular flexibility index (Phi) is 13.0. The summed E-state index contributed by atoms with van der Waals surface area (Å²) in [5.41, 5.74) is 1.37. The summed E-state index contributed by atoms with van der Waals surface area (Å²) in [7, 11) is 0. The van der Waals surface area contributed by atoms with Crippen LogP contribution in [-0.4, -0.2) is 106 Å². The number of rotatable bonds is 12. The van der Waals surface area contributed by atoms with Crippen LogP contribution in [0.4, 0.5) is 9.18 Å². The second-order valence-corrected chi connectivity index (χ2v) is 14.0. The van der Waals surface area contributed by atoms with Gasteiger partial charge in [-0.1, -0.05) is 39.8 Å². The van der Waals surface area contributed by atoms with E-state index in [4.69, 9.17) is 34.0 Å². The highest BCUT2D eigenvalue weighted by molar-refractivity contribution is 6.27. The van der Waals surface area contributed by atoms with Crippen molar-refractivity contribution in [2.45, 2.75) is 77.6 Å². The first-order chi connectivity index (χ1) is 23.2. The third-order valence-electron chi connectivity index (χ3n) is 9.59. The smallest absolute Gasteiger partial charge is 0.414 e. The summed E-state index contributed by atoms with van der Waals surface area (Å²) in [5, 5.41) is 29.4. The van der Waals surface area contributed by atoms with Gasteiger partial charge in [-0.3, -0.25) is 0 Å². The SMILES string of the molecule is CC(C)COc1ccc(C[N+]2([O-])COC3(CCN(CCCN4C(=O)OC[C@@H]4C(C)C)CC3)C2Cc2ccc(F)cc2)cc1.O=C(O)C(=O)O. The molecule has 12 nitrogen and oxygen atoms in total. The summed E-state index contributed by atoms with van der Waals surface area (Å²) >= 11 is 0. The van der Waals surface area contributed by atoms with Gasteiger partial charge in [0.1, 0.15) is 36.4 Å². The molecule has 0 radical (unpaired) electrons. The maximum absolute atomic E-state index is 14.6. The first kappa shape index (κ1) is 38.0. The minimum absolute atomic E-state index is 0.102. The van der Waals surface area contributed by atoms with Crippen molar-refractivity contribution in [3.8, 4) is 5.75 Å². The zero-order valence-electron chi connectivity index (χ0n) is 28.9. The molecule has 2 aromatic carbocycles. The van der Waals surface area contributed by atoms with E-state index in [2.05, 4.69) is 32.6 Å². The molecule has 270 valence electrons. The van der Waals surface area contributed by atoms with Crippen LogP contribution in [0.3, 0.4) is 0 Å². The molecular formula is C36H50FN3O9. The second-order valence-electron chi connectivity index (χ2n) is 14.0. The van der Waals surface area contributed by atoms with Crippen LogP contribution in [0.2, 0.25) is 0 Å². The maximum atomic E-state index is 14.6. The number of cyclic esters (lactones) is 1. The average Bonchev–Trinajstić information content (AvgIpc) is 3.55. The topological polar surface area (TPSA) is 149 Å². The summed E-state index contributed by atoms with van der Waals surface area (Å²) in [6, 6.07) is 14.2. The lowest BCUT2D eigenvalue weighted by Gasteiger charge is -2.48. The normalized spacial score (nSPS) is 23.4. The third kappa shape index (κ3) is 10.1. The summed E-state index contributed by atoms with van der Waals surface area (Å²) in [5.74, 6) is -2.32. The van der Waals surface area contributed by atoms with Gasteiger partial charge in [0.2, 0.25) is 0 Å². The minimum atomic E-state index is -1.82. The van der Waals surface area contributed by atoms with Crippen LogP contribution in [0.25, 0.3) is 0 Å². The van der Waals surface area contributed by atoms with Gasteiger partial charge in [0.25, 0.3) is 0 Å². The van der Waals surface area contributed by atoms with E-state index < -0.39 is 22.2 Å². The first-order valence-electron chi connectivity index (χ1n) is 17.0. The number of piperidine rings is 1. The number of hydroxylamine groups is 3. The van der Waals surface area contributed by atoms with Crippen LogP contribution in [0.1, 0.15) is 58.1 Å². The van der Waals surface area contributed by atoms with Crippen molar-refractivity contribution >= 4 is 18.0 Å². The van der Waals surface area contributed by atoms with Crippen LogP contribution < -0.4 is 4.74 Å². The molecule has 13 heteroatoms. The van der Waals surface area contributed by atoms with E-state index in [0.717, 1.165) is 55.8 Å². The number of carbonyl (C=O) groups excluding carboxylic acids is 1. The fourth-order valence-electron chi connectivity index (χ4n) is 6.84. The number of aliphatic carboxylic acids is 2. The van der Waals surface area contributed by atoms with Crippen LogP contribution in [-0.2, 0) is 32.0 Å². The number of carboxylic acids is 2. The zero-order chi connectivity index (χ0) is 35.8. The van der Waals surface area contributed by atoms with Gasteiger partial charge in [-0.15, -0.1) is 0 Å². The third-order valence-corrected chi connectivity index (χ3v) is 9.59. The van der Waals surface area contributed by atoms with Gasteiger partial charge in [0.15, 0.2) is 6.73 Å². The molecule has 2 unspecified atom stereocenters. The lowest BCUT2D eigenvalue weighted by atomic mass is 9.80.